The molecule has 3 N–H and O–H groups in total. The van der Waals surface area contributed by atoms with Crippen molar-refractivity contribution >= 4 is 35.0 Å². The summed E-state index contributed by atoms with van der Waals surface area (Å²) >= 11 is 9.53. The van der Waals surface area contributed by atoms with Crippen LogP contribution in [0.2, 0.25) is 0 Å². The quantitative estimate of drug-likeness (QED) is 0.322. The molecule has 7 nitrogen and oxygen atoms in total. The molecule has 0 heterocycles. The Kier molecular flexibility index (Phi) is 12.0. The number of nitrogens with zero attached hydrogens (tertiary/aromatic N) is 3. The van der Waals surface area contributed by atoms with E-state index >= 15 is 0 Å². The van der Waals surface area contributed by atoms with E-state index in [4.69, 9.17) is 34.5 Å². The Bertz CT molecular complexity index is 512. The lowest BCUT2D eigenvalue weighted by Gasteiger charge is -2.16. The van der Waals surface area contributed by atoms with E-state index in [2.05, 4.69) is 14.8 Å². The zero-order valence-corrected chi connectivity index (χ0v) is 14.4. The van der Waals surface area contributed by atoms with E-state index in [9.17, 15) is 9.90 Å². The molecule has 1 amide bonds. The first-order chi connectivity index (χ1) is 10.1. The molecular formula is C13H20Cl2N4O3. The predicted molar refractivity (Wildman–Crippen MR) is 88.6 cm³/mol. The molecule has 0 bridgehead atoms. The van der Waals surface area contributed by atoms with Crippen molar-refractivity contribution in [2.24, 2.45) is 10.8 Å². The second-order valence-electron chi connectivity index (χ2n) is 4.77. The SMILES string of the molecule is CC(C)(C)OC(N)=O.Cc1cccc(N=[N+]=[N-])c1O.ClCCl. The van der Waals surface area contributed by atoms with Gasteiger partial charge < -0.3 is 15.6 Å². The normalized spacial score (nSPS) is 9.18. The van der Waals surface area contributed by atoms with Crippen LogP contribution in [0.25, 0.3) is 10.4 Å². The molecule has 0 aromatic heterocycles. The Morgan fingerprint density at radius 3 is 2.27 bits per heavy atom. The van der Waals surface area contributed by atoms with Crippen molar-refractivity contribution in [2.45, 2.75) is 33.3 Å². The molecule has 0 aliphatic heterocycles. The summed E-state index contributed by atoms with van der Waals surface area (Å²) in [4.78, 5) is 12.6. The van der Waals surface area contributed by atoms with Gasteiger partial charge in [-0.15, -0.1) is 23.2 Å². The molecule has 22 heavy (non-hydrogen) atoms. The number of para-hydroxylation sites is 1. The van der Waals surface area contributed by atoms with Crippen molar-refractivity contribution in [1.29, 1.82) is 0 Å². The van der Waals surface area contributed by atoms with E-state index < -0.39 is 11.7 Å². The number of rotatable bonds is 1. The van der Waals surface area contributed by atoms with Gasteiger partial charge in [0, 0.05) is 4.91 Å². The van der Waals surface area contributed by atoms with Crippen LogP contribution in [0, 0.1) is 6.92 Å². The van der Waals surface area contributed by atoms with Crippen LogP contribution in [-0.4, -0.2) is 22.1 Å². The van der Waals surface area contributed by atoms with Gasteiger partial charge in [-0.1, -0.05) is 17.2 Å². The van der Waals surface area contributed by atoms with Gasteiger partial charge >= 0.3 is 6.09 Å². The van der Waals surface area contributed by atoms with E-state index in [1.807, 2.05) is 0 Å². The first-order valence-corrected chi connectivity index (χ1v) is 7.10. The van der Waals surface area contributed by atoms with Crippen molar-refractivity contribution in [3.63, 3.8) is 0 Å². The molecule has 0 saturated heterocycles. The van der Waals surface area contributed by atoms with E-state index in [0.29, 0.717) is 5.56 Å². The Labute approximate surface area is 139 Å². The number of hydrogen-bond donors (Lipinski definition) is 2. The van der Waals surface area contributed by atoms with Gasteiger partial charge in [0.1, 0.15) is 11.4 Å². The van der Waals surface area contributed by atoms with Gasteiger partial charge in [0.15, 0.2) is 0 Å². The molecule has 0 atom stereocenters. The standard InChI is InChI=1S/C7H7N3O.C5H11NO2.CH2Cl2/c1-5-3-2-4-6(7(5)11)9-10-8;1-5(2,3)8-4(6)7;2-1-3/h2-4,11H,1H3;1-3H3,(H2,6,7);1H2. The number of carbonyl (C=O) groups is 1. The first-order valence-electron chi connectivity index (χ1n) is 6.03. The molecule has 0 aliphatic rings. The molecule has 1 rings (SSSR count). The molecule has 1 aromatic carbocycles. The van der Waals surface area contributed by atoms with Crippen LogP contribution in [0.15, 0.2) is 23.3 Å². The number of carbonyl (C=O) groups excluding carboxylic acids is 1. The number of alkyl halides is 2. The summed E-state index contributed by atoms with van der Waals surface area (Å²) in [5.41, 5.74) is 13.3. The fourth-order valence-electron chi connectivity index (χ4n) is 1.07. The number of nitrogens with two attached hydrogens (primary N) is 1. The zero-order valence-electron chi connectivity index (χ0n) is 12.9. The maximum atomic E-state index is 10.0. The monoisotopic (exact) mass is 350 g/mol. The highest BCUT2D eigenvalue weighted by molar-refractivity contribution is 6.40. The van der Waals surface area contributed by atoms with Gasteiger partial charge in [-0.3, -0.25) is 0 Å². The van der Waals surface area contributed by atoms with E-state index in [1.165, 1.54) is 0 Å². The highest BCUT2D eigenvalue weighted by atomic mass is 35.5. The third-order valence-corrected chi connectivity index (χ3v) is 1.78. The summed E-state index contributed by atoms with van der Waals surface area (Å²) in [5, 5.41) is 12.8. The van der Waals surface area contributed by atoms with Crippen LogP contribution in [-0.2, 0) is 4.74 Å². The summed E-state index contributed by atoms with van der Waals surface area (Å²) < 4.78 is 4.58. The molecule has 0 unspecified atom stereocenters. The van der Waals surface area contributed by atoms with Crippen molar-refractivity contribution in [3.05, 3.63) is 34.2 Å². The van der Waals surface area contributed by atoms with Gasteiger partial charge in [-0.05, 0) is 44.9 Å². The summed E-state index contributed by atoms with van der Waals surface area (Å²) in [7, 11) is 0. The average Bonchev–Trinajstić information content (AvgIpc) is 2.34. The van der Waals surface area contributed by atoms with Crippen LogP contribution in [0.5, 0.6) is 5.75 Å². The third kappa shape index (κ3) is 13.2. The summed E-state index contributed by atoms with van der Waals surface area (Å²) in [6, 6.07) is 5.02. The number of primary amides is 1. The molecular weight excluding hydrogens is 331 g/mol. The molecule has 0 spiro atoms. The third-order valence-electron chi connectivity index (χ3n) is 1.78. The number of hydrogen-bond acceptors (Lipinski definition) is 4. The van der Waals surface area contributed by atoms with E-state index in [-0.39, 0.29) is 16.8 Å². The van der Waals surface area contributed by atoms with Crippen LogP contribution < -0.4 is 5.73 Å². The lowest BCUT2D eigenvalue weighted by molar-refractivity contribution is 0.0600. The summed E-state index contributed by atoms with van der Waals surface area (Å²) in [5.74, 6) is 0.0466. The van der Waals surface area contributed by atoms with Gasteiger partial charge in [-0.25, -0.2) is 4.79 Å². The smallest absolute Gasteiger partial charge is 0.405 e. The predicted octanol–water partition coefficient (Wildman–Crippen LogP) is 4.94. The van der Waals surface area contributed by atoms with Crippen LogP contribution >= 0.6 is 23.2 Å². The number of aryl methyl sites for hydroxylation is 1. The fraction of sp³-hybridized carbons (Fsp3) is 0.462. The molecule has 124 valence electrons. The first kappa shape index (κ1) is 22.5. The number of ether oxygens (including phenoxy) is 1. The summed E-state index contributed by atoms with van der Waals surface area (Å²) in [6.07, 6.45) is -0.725. The molecule has 0 aliphatic carbocycles. The van der Waals surface area contributed by atoms with Crippen molar-refractivity contribution in [3.8, 4) is 5.75 Å². The number of amides is 1. The number of phenols is 1. The summed E-state index contributed by atoms with van der Waals surface area (Å²) in [6.45, 7) is 7.03. The highest BCUT2D eigenvalue weighted by Crippen LogP contribution is 2.28. The largest absolute Gasteiger partial charge is 0.507 e. The zero-order chi connectivity index (χ0) is 17.8. The van der Waals surface area contributed by atoms with E-state index in [0.717, 1.165) is 0 Å². The van der Waals surface area contributed by atoms with Crippen molar-refractivity contribution in [2.75, 3.05) is 5.34 Å². The molecule has 0 saturated carbocycles. The maximum Gasteiger partial charge on any atom is 0.405 e. The highest BCUT2D eigenvalue weighted by Gasteiger charge is 2.12. The minimum absolute atomic E-state index is 0.0466. The Morgan fingerprint density at radius 1 is 1.45 bits per heavy atom. The second-order valence-corrected chi connectivity index (χ2v) is 5.57. The van der Waals surface area contributed by atoms with Gasteiger partial charge in [-0.2, -0.15) is 0 Å². The lowest BCUT2D eigenvalue weighted by Crippen LogP contribution is -2.27. The van der Waals surface area contributed by atoms with Gasteiger partial charge in [0.05, 0.1) is 11.0 Å². The Hall–Kier alpha value is -1.82. The molecule has 0 radical (unpaired) electrons. The number of halogens is 2. The number of benzene rings is 1. The molecule has 9 heteroatoms. The maximum absolute atomic E-state index is 10.0. The average molecular weight is 351 g/mol. The Morgan fingerprint density at radius 2 is 1.95 bits per heavy atom. The minimum Gasteiger partial charge on any atom is -0.507 e. The molecule has 1 aromatic rings. The number of phenolic OH excluding ortho intramolecular Hbond substituents is 1. The van der Waals surface area contributed by atoms with Crippen LogP contribution in [0.3, 0.4) is 0 Å². The van der Waals surface area contributed by atoms with Gasteiger partial charge in [0.2, 0.25) is 0 Å². The van der Waals surface area contributed by atoms with E-state index in [1.54, 1.807) is 45.9 Å². The minimum atomic E-state index is -0.725. The van der Waals surface area contributed by atoms with Gasteiger partial charge in [0.25, 0.3) is 0 Å². The lowest BCUT2D eigenvalue weighted by atomic mass is 10.2. The number of aromatic hydroxyl groups is 1. The van der Waals surface area contributed by atoms with Crippen molar-refractivity contribution in [1.82, 2.24) is 0 Å². The fourth-order valence-corrected chi connectivity index (χ4v) is 1.07. The van der Waals surface area contributed by atoms with Crippen LogP contribution in [0.1, 0.15) is 26.3 Å². The topological polar surface area (TPSA) is 121 Å². The van der Waals surface area contributed by atoms with Crippen molar-refractivity contribution < 1.29 is 14.6 Å². The molecule has 0 fully saturated rings. The van der Waals surface area contributed by atoms with Crippen LogP contribution in [0.4, 0.5) is 10.5 Å². The second kappa shape index (κ2) is 11.8. The Balaban J connectivity index is 0. The number of azide groups is 1.